The monoisotopic (exact) mass is 500 g/mol. The van der Waals surface area contributed by atoms with Gasteiger partial charge in [-0.25, -0.2) is 9.78 Å². The van der Waals surface area contributed by atoms with E-state index < -0.39 is 6.09 Å². The molecule has 190 valence electrons. The van der Waals surface area contributed by atoms with Crippen LogP contribution in [0.5, 0.6) is 17.4 Å². The van der Waals surface area contributed by atoms with Crippen LogP contribution >= 0.6 is 0 Å². The van der Waals surface area contributed by atoms with Crippen molar-refractivity contribution in [1.29, 1.82) is 0 Å². The molecule has 0 saturated heterocycles. The van der Waals surface area contributed by atoms with Crippen molar-refractivity contribution in [2.75, 3.05) is 0 Å². The lowest BCUT2D eigenvalue weighted by atomic mass is 9.78. The summed E-state index contributed by atoms with van der Waals surface area (Å²) in [7, 11) is 0. The Morgan fingerprint density at radius 1 is 0.973 bits per heavy atom. The molecule has 2 aromatic heterocycles. The number of carboxylic acid groups (broad SMARTS) is 1. The predicted molar refractivity (Wildman–Crippen MR) is 136 cm³/mol. The van der Waals surface area contributed by atoms with Crippen molar-refractivity contribution in [1.82, 2.24) is 20.5 Å². The molecule has 0 radical (unpaired) electrons. The molecular formula is C28H28N4O5. The molecular weight excluding hydrogens is 472 g/mol. The van der Waals surface area contributed by atoms with Crippen molar-refractivity contribution in [3.05, 3.63) is 83.7 Å². The standard InChI is InChI=1S/C28H28N4O5/c1-17-31-32-26(35-17)24-5-4-6-25(30-24)37-22-13-9-19(10-14-22)28(2,3)18-7-11-21(12-8-18)36-23-15-20(16-23)29-27(33)34/h4-14,20,23,29H,15-16H2,1-3H3,(H,33,34)/t20-,23-. The number of hydrogen-bond acceptors (Lipinski definition) is 7. The Morgan fingerprint density at radius 3 is 2.22 bits per heavy atom. The molecule has 1 amide bonds. The van der Waals surface area contributed by atoms with Crippen molar-refractivity contribution in [2.45, 2.75) is 51.2 Å². The number of aromatic nitrogens is 3. The van der Waals surface area contributed by atoms with Gasteiger partial charge in [-0.15, -0.1) is 10.2 Å². The average molecular weight is 501 g/mol. The first kappa shape index (κ1) is 24.3. The summed E-state index contributed by atoms with van der Waals surface area (Å²) in [5, 5.41) is 19.1. The van der Waals surface area contributed by atoms with Crippen LogP contribution in [-0.4, -0.2) is 38.5 Å². The normalized spacial score (nSPS) is 17.1. The fourth-order valence-corrected chi connectivity index (χ4v) is 4.31. The first-order valence-electron chi connectivity index (χ1n) is 12.1. The largest absolute Gasteiger partial charge is 0.490 e. The fourth-order valence-electron chi connectivity index (χ4n) is 4.31. The number of rotatable bonds is 8. The van der Waals surface area contributed by atoms with Gasteiger partial charge >= 0.3 is 6.09 Å². The van der Waals surface area contributed by atoms with Crippen LogP contribution in [0.3, 0.4) is 0 Å². The Labute approximate surface area is 214 Å². The molecule has 9 nitrogen and oxygen atoms in total. The summed E-state index contributed by atoms with van der Waals surface area (Å²) in [6.07, 6.45) is 0.417. The number of aryl methyl sites for hydroxylation is 1. The molecule has 0 unspecified atom stereocenters. The maximum atomic E-state index is 10.7. The maximum absolute atomic E-state index is 10.7. The molecule has 0 spiro atoms. The van der Waals surface area contributed by atoms with Gasteiger partial charge in [-0.1, -0.05) is 44.2 Å². The molecule has 9 heteroatoms. The van der Waals surface area contributed by atoms with Gasteiger partial charge in [0.05, 0.1) is 0 Å². The van der Waals surface area contributed by atoms with E-state index in [1.54, 1.807) is 19.1 Å². The van der Waals surface area contributed by atoms with Crippen LogP contribution in [0.4, 0.5) is 4.79 Å². The quantitative estimate of drug-likeness (QED) is 0.314. The van der Waals surface area contributed by atoms with E-state index in [2.05, 4.69) is 58.6 Å². The van der Waals surface area contributed by atoms with Crippen molar-refractivity contribution >= 4 is 6.09 Å². The van der Waals surface area contributed by atoms with E-state index in [0.29, 0.717) is 41.9 Å². The van der Waals surface area contributed by atoms with Crippen molar-refractivity contribution in [2.24, 2.45) is 0 Å². The molecule has 1 saturated carbocycles. The second-order valence-corrected chi connectivity index (χ2v) is 9.62. The molecule has 5 rings (SSSR count). The van der Waals surface area contributed by atoms with Crippen LogP contribution in [0.25, 0.3) is 11.6 Å². The third kappa shape index (κ3) is 5.55. The third-order valence-electron chi connectivity index (χ3n) is 6.57. The lowest BCUT2D eigenvalue weighted by molar-refractivity contribution is 0.0833. The molecule has 4 aromatic rings. The zero-order chi connectivity index (χ0) is 26.0. The number of ether oxygens (including phenoxy) is 2. The number of pyridine rings is 1. The highest BCUT2D eigenvalue weighted by atomic mass is 16.5. The van der Waals surface area contributed by atoms with E-state index in [-0.39, 0.29) is 17.6 Å². The number of benzene rings is 2. The summed E-state index contributed by atoms with van der Waals surface area (Å²) in [6, 6.07) is 21.4. The summed E-state index contributed by atoms with van der Waals surface area (Å²) in [6.45, 7) is 6.07. The molecule has 2 heterocycles. The van der Waals surface area contributed by atoms with E-state index in [1.165, 1.54) is 0 Å². The molecule has 0 bridgehead atoms. The Bertz CT molecular complexity index is 1380. The molecule has 1 aliphatic carbocycles. The van der Waals surface area contributed by atoms with Gasteiger partial charge < -0.3 is 24.3 Å². The van der Waals surface area contributed by atoms with Gasteiger partial charge in [-0.3, -0.25) is 0 Å². The van der Waals surface area contributed by atoms with Crippen LogP contribution in [0, 0.1) is 6.92 Å². The minimum atomic E-state index is -0.990. The molecule has 0 aliphatic heterocycles. The Morgan fingerprint density at radius 2 is 1.62 bits per heavy atom. The average Bonchev–Trinajstić information content (AvgIpc) is 3.30. The summed E-state index contributed by atoms with van der Waals surface area (Å²) in [4.78, 5) is 15.2. The van der Waals surface area contributed by atoms with Gasteiger partial charge in [0.2, 0.25) is 11.8 Å². The number of carbonyl (C=O) groups is 1. The number of hydrogen-bond donors (Lipinski definition) is 2. The predicted octanol–water partition coefficient (Wildman–Crippen LogP) is 5.74. The summed E-state index contributed by atoms with van der Waals surface area (Å²) in [5.41, 5.74) is 2.60. The molecule has 2 aromatic carbocycles. The van der Waals surface area contributed by atoms with Crippen LogP contribution < -0.4 is 14.8 Å². The van der Waals surface area contributed by atoms with Gasteiger partial charge in [0.25, 0.3) is 5.89 Å². The van der Waals surface area contributed by atoms with Gasteiger partial charge in [0, 0.05) is 37.3 Å². The van der Waals surface area contributed by atoms with Crippen LogP contribution in [0.1, 0.15) is 43.7 Å². The zero-order valence-electron chi connectivity index (χ0n) is 20.8. The van der Waals surface area contributed by atoms with E-state index in [0.717, 1.165) is 16.9 Å². The minimum Gasteiger partial charge on any atom is -0.490 e. The number of nitrogens with zero attached hydrogens (tertiary/aromatic N) is 3. The Hall–Kier alpha value is -4.40. The van der Waals surface area contributed by atoms with E-state index in [9.17, 15) is 4.79 Å². The Balaban J connectivity index is 1.21. The molecule has 37 heavy (non-hydrogen) atoms. The second kappa shape index (κ2) is 9.93. The lowest BCUT2D eigenvalue weighted by Gasteiger charge is -2.35. The van der Waals surface area contributed by atoms with Gasteiger partial charge in [0.15, 0.2) is 0 Å². The van der Waals surface area contributed by atoms with Gasteiger partial charge in [-0.05, 0) is 41.5 Å². The van der Waals surface area contributed by atoms with Gasteiger partial charge in [-0.2, -0.15) is 0 Å². The summed E-state index contributed by atoms with van der Waals surface area (Å²) in [5.74, 6) is 2.72. The van der Waals surface area contributed by atoms with E-state index in [4.69, 9.17) is 19.0 Å². The highest BCUT2D eigenvalue weighted by molar-refractivity contribution is 5.65. The number of amides is 1. The van der Waals surface area contributed by atoms with E-state index in [1.807, 2.05) is 30.3 Å². The van der Waals surface area contributed by atoms with E-state index >= 15 is 0 Å². The molecule has 0 atom stereocenters. The van der Waals surface area contributed by atoms with Crippen LogP contribution in [0.15, 0.2) is 71.1 Å². The van der Waals surface area contributed by atoms with Crippen molar-refractivity contribution in [3.63, 3.8) is 0 Å². The molecule has 1 fully saturated rings. The summed E-state index contributed by atoms with van der Waals surface area (Å²) >= 11 is 0. The van der Waals surface area contributed by atoms with Crippen molar-refractivity contribution in [3.8, 4) is 29.0 Å². The van der Waals surface area contributed by atoms with Crippen LogP contribution in [0.2, 0.25) is 0 Å². The highest BCUT2D eigenvalue weighted by Crippen LogP contribution is 2.35. The molecule has 2 N–H and O–H groups in total. The second-order valence-electron chi connectivity index (χ2n) is 9.62. The van der Waals surface area contributed by atoms with Crippen molar-refractivity contribution < 1.29 is 23.8 Å². The molecule has 1 aliphatic rings. The smallest absolute Gasteiger partial charge is 0.404 e. The minimum absolute atomic E-state index is 0.0260. The fraction of sp³-hybridized carbons (Fsp3) is 0.286. The topological polar surface area (TPSA) is 120 Å². The highest BCUT2D eigenvalue weighted by Gasteiger charge is 2.32. The van der Waals surface area contributed by atoms with Gasteiger partial charge in [0.1, 0.15) is 23.3 Å². The first-order chi connectivity index (χ1) is 17.8. The number of nitrogens with one attached hydrogen (secondary N) is 1. The Kier molecular flexibility index (Phi) is 6.52. The first-order valence-corrected chi connectivity index (χ1v) is 12.1. The maximum Gasteiger partial charge on any atom is 0.404 e. The lowest BCUT2D eigenvalue weighted by Crippen LogP contribution is -2.48. The summed E-state index contributed by atoms with van der Waals surface area (Å²) < 4.78 is 17.4. The SMILES string of the molecule is Cc1nnc(-c2cccc(Oc3ccc(C(C)(C)c4ccc(O[C@H]5C[C@H](NC(=O)O)C5)cc4)cc3)n2)o1. The zero-order valence-corrected chi connectivity index (χ0v) is 20.8. The van der Waals surface area contributed by atoms with Crippen LogP contribution in [-0.2, 0) is 5.41 Å². The third-order valence-corrected chi connectivity index (χ3v) is 6.57.